The molecule has 0 N–H and O–H groups in total. The van der Waals surface area contributed by atoms with Gasteiger partial charge in [-0.15, -0.1) is 0 Å². The minimum Gasteiger partial charge on any atom is -0.367 e. The number of likely N-dealkylation sites (N-methyl/N-ethyl adjacent to an activating group) is 1. The van der Waals surface area contributed by atoms with Crippen molar-refractivity contribution in [3.05, 3.63) is 65.5 Å². The number of hydrogen-bond acceptors (Lipinski definition) is 3. The molecule has 3 nitrogen and oxygen atoms in total. The fourth-order valence-corrected chi connectivity index (χ4v) is 2.05. The minimum absolute atomic E-state index is 0.0338. The summed E-state index contributed by atoms with van der Waals surface area (Å²) in [6.45, 7) is 0.242. The van der Waals surface area contributed by atoms with E-state index in [4.69, 9.17) is 5.26 Å². The van der Waals surface area contributed by atoms with Gasteiger partial charge in [0, 0.05) is 19.2 Å². The summed E-state index contributed by atoms with van der Waals surface area (Å²) in [5.74, 6) is -0.275. The lowest BCUT2D eigenvalue weighted by Crippen LogP contribution is -2.26. The molecule has 0 heterocycles. The molecule has 106 valence electrons. The van der Waals surface area contributed by atoms with Crippen LogP contribution in [-0.2, 0) is 11.2 Å². The molecular formula is C17H15FN2O. The lowest BCUT2D eigenvalue weighted by molar-refractivity contribution is -0.117. The van der Waals surface area contributed by atoms with E-state index in [0.29, 0.717) is 5.56 Å². The summed E-state index contributed by atoms with van der Waals surface area (Å²) >= 11 is 0. The van der Waals surface area contributed by atoms with Gasteiger partial charge in [0.15, 0.2) is 5.78 Å². The van der Waals surface area contributed by atoms with Crippen LogP contribution in [0.5, 0.6) is 0 Å². The summed E-state index contributed by atoms with van der Waals surface area (Å²) in [6, 6.07) is 15.1. The van der Waals surface area contributed by atoms with Gasteiger partial charge in [-0.3, -0.25) is 4.79 Å². The highest BCUT2D eigenvalue weighted by atomic mass is 19.1. The Morgan fingerprint density at radius 1 is 1.24 bits per heavy atom. The Hall–Kier alpha value is -2.67. The molecule has 2 aromatic rings. The highest BCUT2D eigenvalue weighted by molar-refractivity contribution is 5.85. The molecule has 0 saturated carbocycles. The van der Waals surface area contributed by atoms with Gasteiger partial charge in [-0.05, 0) is 35.9 Å². The molecule has 0 amide bonds. The summed E-state index contributed by atoms with van der Waals surface area (Å²) in [5.41, 5.74) is 2.17. The van der Waals surface area contributed by atoms with Crippen molar-refractivity contribution in [2.45, 2.75) is 6.42 Å². The predicted octanol–water partition coefficient (Wildman–Crippen LogP) is 2.95. The Balaban J connectivity index is 1.98. The molecule has 0 unspecified atom stereocenters. The van der Waals surface area contributed by atoms with Crippen LogP contribution < -0.4 is 4.90 Å². The molecule has 0 aliphatic rings. The number of rotatable bonds is 5. The van der Waals surface area contributed by atoms with E-state index in [1.807, 2.05) is 6.07 Å². The van der Waals surface area contributed by atoms with E-state index < -0.39 is 0 Å². The normalized spacial score (nSPS) is 9.95. The van der Waals surface area contributed by atoms with Crippen LogP contribution in [0.3, 0.4) is 0 Å². The SMILES string of the molecule is CN(CC(=O)Cc1ccc(F)cc1)c1cccc(C#N)c1. The molecule has 0 radical (unpaired) electrons. The van der Waals surface area contributed by atoms with Gasteiger partial charge in [0.1, 0.15) is 5.82 Å². The van der Waals surface area contributed by atoms with E-state index in [1.165, 1.54) is 12.1 Å². The van der Waals surface area contributed by atoms with Crippen LogP contribution in [0.2, 0.25) is 0 Å². The van der Waals surface area contributed by atoms with Crippen LogP contribution in [0.4, 0.5) is 10.1 Å². The molecule has 0 atom stereocenters. The fourth-order valence-electron chi connectivity index (χ4n) is 2.05. The molecule has 0 fully saturated rings. The monoisotopic (exact) mass is 282 g/mol. The van der Waals surface area contributed by atoms with Crippen molar-refractivity contribution in [3.63, 3.8) is 0 Å². The van der Waals surface area contributed by atoms with E-state index in [9.17, 15) is 9.18 Å². The Morgan fingerprint density at radius 3 is 2.62 bits per heavy atom. The molecule has 2 aromatic carbocycles. The maximum Gasteiger partial charge on any atom is 0.156 e. The summed E-state index contributed by atoms with van der Waals surface area (Å²) in [7, 11) is 1.80. The second-order valence-electron chi connectivity index (χ2n) is 4.86. The summed E-state index contributed by atoms with van der Waals surface area (Å²) in [6.07, 6.45) is 0.266. The fraction of sp³-hybridized carbons (Fsp3) is 0.176. The third-order valence-corrected chi connectivity index (χ3v) is 3.14. The van der Waals surface area contributed by atoms with Crippen molar-refractivity contribution in [2.75, 3.05) is 18.5 Å². The highest BCUT2D eigenvalue weighted by Gasteiger charge is 2.09. The number of nitriles is 1. The number of carbonyl (C=O) groups is 1. The van der Waals surface area contributed by atoms with Crippen molar-refractivity contribution < 1.29 is 9.18 Å². The Kier molecular flexibility index (Phi) is 4.68. The number of Topliss-reactive ketones (excluding diaryl/α,β-unsaturated/α-hetero) is 1. The Labute approximate surface area is 123 Å². The van der Waals surface area contributed by atoms with Gasteiger partial charge in [0.2, 0.25) is 0 Å². The first-order valence-corrected chi connectivity index (χ1v) is 6.56. The average molecular weight is 282 g/mol. The van der Waals surface area contributed by atoms with E-state index in [-0.39, 0.29) is 24.6 Å². The van der Waals surface area contributed by atoms with Crippen LogP contribution in [0.25, 0.3) is 0 Å². The molecule has 0 spiro atoms. The maximum atomic E-state index is 12.8. The zero-order valence-electron chi connectivity index (χ0n) is 11.7. The van der Waals surface area contributed by atoms with Gasteiger partial charge >= 0.3 is 0 Å². The van der Waals surface area contributed by atoms with Crippen LogP contribution in [0, 0.1) is 17.1 Å². The number of benzene rings is 2. The first-order chi connectivity index (χ1) is 10.1. The second-order valence-corrected chi connectivity index (χ2v) is 4.86. The lowest BCUT2D eigenvalue weighted by Gasteiger charge is -2.18. The topological polar surface area (TPSA) is 44.1 Å². The van der Waals surface area contributed by atoms with Gasteiger partial charge in [-0.1, -0.05) is 18.2 Å². The first-order valence-electron chi connectivity index (χ1n) is 6.56. The van der Waals surface area contributed by atoms with E-state index in [0.717, 1.165) is 11.3 Å². The van der Waals surface area contributed by atoms with Crippen molar-refractivity contribution >= 4 is 11.5 Å². The first kappa shape index (κ1) is 14.7. The van der Waals surface area contributed by atoms with Crippen LogP contribution in [0.15, 0.2) is 48.5 Å². The van der Waals surface area contributed by atoms with Gasteiger partial charge in [-0.25, -0.2) is 4.39 Å². The third-order valence-electron chi connectivity index (χ3n) is 3.14. The smallest absolute Gasteiger partial charge is 0.156 e. The Morgan fingerprint density at radius 2 is 1.95 bits per heavy atom. The molecule has 2 rings (SSSR count). The molecule has 0 aromatic heterocycles. The zero-order chi connectivity index (χ0) is 15.2. The standard InChI is InChI=1S/C17H15FN2O/c1-20(16-4-2-3-14(9-16)11-19)12-17(21)10-13-5-7-15(18)8-6-13/h2-9H,10,12H2,1H3. The molecule has 0 aliphatic carbocycles. The van der Waals surface area contributed by atoms with Gasteiger partial charge in [-0.2, -0.15) is 5.26 Å². The van der Waals surface area contributed by atoms with E-state index >= 15 is 0 Å². The average Bonchev–Trinajstić information content (AvgIpc) is 2.49. The number of ketones is 1. The van der Waals surface area contributed by atoms with Crippen LogP contribution in [0.1, 0.15) is 11.1 Å². The van der Waals surface area contributed by atoms with Crippen molar-refractivity contribution in [2.24, 2.45) is 0 Å². The quantitative estimate of drug-likeness (QED) is 0.847. The number of nitrogens with zero attached hydrogens (tertiary/aromatic N) is 2. The highest BCUT2D eigenvalue weighted by Crippen LogP contribution is 2.14. The van der Waals surface area contributed by atoms with Gasteiger partial charge in [0.25, 0.3) is 0 Å². The van der Waals surface area contributed by atoms with Crippen LogP contribution >= 0.6 is 0 Å². The summed E-state index contributed by atoms with van der Waals surface area (Å²) in [5, 5.41) is 8.88. The molecular weight excluding hydrogens is 267 g/mol. The van der Waals surface area contributed by atoms with E-state index in [1.54, 1.807) is 42.3 Å². The largest absolute Gasteiger partial charge is 0.367 e. The van der Waals surface area contributed by atoms with Gasteiger partial charge < -0.3 is 4.90 Å². The van der Waals surface area contributed by atoms with Crippen molar-refractivity contribution in [3.8, 4) is 6.07 Å². The van der Waals surface area contributed by atoms with Crippen LogP contribution in [-0.4, -0.2) is 19.4 Å². The number of hydrogen-bond donors (Lipinski definition) is 0. The third kappa shape index (κ3) is 4.15. The zero-order valence-corrected chi connectivity index (χ0v) is 11.7. The number of anilines is 1. The van der Waals surface area contributed by atoms with Gasteiger partial charge in [0.05, 0.1) is 18.2 Å². The summed E-state index contributed by atoms with van der Waals surface area (Å²) < 4.78 is 12.8. The molecule has 0 aliphatic heterocycles. The molecule has 4 heteroatoms. The Bertz CT molecular complexity index is 674. The molecule has 21 heavy (non-hydrogen) atoms. The van der Waals surface area contributed by atoms with Crippen molar-refractivity contribution in [1.82, 2.24) is 0 Å². The number of carbonyl (C=O) groups excluding carboxylic acids is 1. The minimum atomic E-state index is -0.309. The van der Waals surface area contributed by atoms with Crippen molar-refractivity contribution in [1.29, 1.82) is 5.26 Å². The lowest BCUT2D eigenvalue weighted by atomic mass is 10.1. The second kappa shape index (κ2) is 6.67. The van der Waals surface area contributed by atoms with E-state index in [2.05, 4.69) is 6.07 Å². The molecule has 0 saturated heterocycles. The maximum absolute atomic E-state index is 12.8. The molecule has 0 bridgehead atoms. The predicted molar refractivity (Wildman–Crippen MR) is 79.5 cm³/mol. The number of halogens is 1. The summed E-state index contributed by atoms with van der Waals surface area (Å²) in [4.78, 5) is 13.8.